The highest BCUT2D eigenvalue weighted by atomic mass is 35.5. The van der Waals surface area contributed by atoms with Gasteiger partial charge in [-0.3, -0.25) is 4.79 Å². The Labute approximate surface area is 182 Å². The molecular formula is C21H26Cl2N4O2. The number of amides is 1. The van der Waals surface area contributed by atoms with Crippen LogP contribution in [0.4, 0.5) is 0 Å². The molecule has 0 aliphatic carbocycles. The average Bonchev–Trinajstić information content (AvgIpc) is 3.03. The molecular weight excluding hydrogens is 411 g/mol. The summed E-state index contributed by atoms with van der Waals surface area (Å²) in [6, 6.07) is 15.6. The fraction of sp³-hybridized carbons (Fsp3) is 0.333. The van der Waals surface area contributed by atoms with E-state index in [9.17, 15) is 9.90 Å². The molecule has 0 unspecified atom stereocenters. The summed E-state index contributed by atoms with van der Waals surface area (Å²) in [5.74, 6) is 0.753. The van der Waals surface area contributed by atoms with Gasteiger partial charge in [-0.25, -0.2) is 4.98 Å². The van der Waals surface area contributed by atoms with Crippen LogP contribution in [0.5, 0.6) is 0 Å². The van der Waals surface area contributed by atoms with Crippen molar-refractivity contribution in [2.45, 2.75) is 31.4 Å². The van der Waals surface area contributed by atoms with E-state index >= 15 is 0 Å². The van der Waals surface area contributed by atoms with Crippen LogP contribution in [0.1, 0.15) is 23.4 Å². The number of carbonyl (C=O) groups excluding carboxylic acids is 1. The summed E-state index contributed by atoms with van der Waals surface area (Å²) >= 11 is 0. The topological polar surface area (TPSA) is 90.0 Å². The zero-order valence-corrected chi connectivity index (χ0v) is 17.8. The summed E-state index contributed by atoms with van der Waals surface area (Å²) < 4.78 is 0. The molecule has 1 fully saturated rings. The summed E-state index contributed by atoms with van der Waals surface area (Å²) in [5, 5.41) is 17.1. The molecule has 1 aliphatic rings. The van der Waals surface area contributed by atoms with E-state index < -0.39 is 11.6 Å². The summed E-state index contributed by atoms with van der Waals surface area (Å²) in [7, 11) is 0. The number of rotatable bonds is 4. The van der Waals surface area contributed by atoms with Gasteiger partial charge in [0.05, 0.1) is 29.1 Å². The molecule has 0 radical (unpaired) electrons. The van der Waals surface area contributed by atoms with Crippen LogP contribution in [0.3, 0.4) is 0 Å². The van der Waals surface area contributed by atoms with Gasteiger partial charge in [0.15, 0.2) is 0 Å². The maximum atomic E-state index is 12.9. The smallest absolute Gasteiger partial charge is 0.225 e. The highest BCUT2D eigenvalue weighted by molar-refractivity contribution is 5.85. The van der Waals surface area contributed by atoms with Crippen molar-refractivity contribution in [2.24, 2.45) is 0 Å². The SMILES string of the molecule is Cc1nc2ccc(CC(=O)N[C@]3(c4ccccc4)CCNC[C@H]3O)cc2[nH]1.Cl.Cl. The highest BCUT2D eigenvalue weighted by Gasteiger charge is 2.42. The number of hydrogen-bond acceptors (Lipinski definition) is 4. The number of aromatic amines is 1. The van der Waals surface area contributed by atoms with Crippen molar-refractivity contribution >= 4 is 41.8 Å². The Morgan fingerprint density at radius 2 is 2.00 bits per heavy atom. The van der Waals surface area contributed by atoms with Crippen LogP contribution in [0.15, 0.2) is 48.5 Å². The summed E-state index contributed by atoms with van der Waals surface area (Å²) in [5.41, 5.74) is 2.91. The van der Waals surface area contributed by atoms with Crippen molar-refractivity contribution in [1.82, 2.24) is 20.6 Å². The van der Waals surface area contributed by atoms with E-state index in [-0.39, 0.29) is 37.1 Å². The van der Waals surface area contributed by atoms with Crippen molar-refractivity contribution in [3.05, 3.63) is 65.5 Å². The number of H-pyrrole nitrogens is 1. The predicted octanol–water partition coefficient (Wildman–Crippen LogP) is 2.62. The molecule has 4 rings (SSSR count). The number of fused-ring (bicyclic) bond motifs is 1. The first-order valence-electron chi connectivity index (χ1n) is 9.27. The first-order valence-corrected chi connectivity index (χ1v) is 9.27. The molecule has 0 spiro atoms. The Morgan fingerprint density at radius 1 is 1.24 bits per heavy atom. The normalized spacial score (nSPS) is 21.1. The molecule has 2 heterocycles. The molecule has 2 aromatic carbocycles. The largest absolute Gasteiger partial charge is 0.389 e. The number of halogens is 2. The molecule has 1 aromatic heterocycles. The van der Waals surface area contributed by atoms with Crippen LogP contribution in [-0.2, 0) is 16.8 Å². The van der Waals surface area contributed by atoms with Crippen LogP contribution < -0.4 is 10.6 Å². The van der Waals surface area contributed by atoms with Gasteiger partial charge in [0.1, 0.15) is 5.82 Å². The van der Waals surface area contributed by atoms with Crippen LogP contribution in [-0.4, -0.2) is 40.2 Å². The van der Waals surface area contributed by atoms with Gasteiger partial charge in [0.2, 0.25) is 5.91 Å². The lowest BCUT2D eigenvalue weighted by molar-refractivity contribution is -0.125. The van der Waals surface area contributed by atoms with Gasteiger partial charge in [0, 0.05) is 6.54 Å². The lowest BCUT2D eigenvalue weighted by atomic mass is 9.79. The maximum Gasteiger partial charge on any atom is 0.225 e. The van der Waals surface area contributed by atoms with E-state index in [0.29, 0.717) is 13.0 Å². The molecule has 1 aliphatic heterocycles. The molecule has 29 heavy (non-hydrogen) atoms. The second-order valence-electron chi connectivity index (χ2n) is 7.21. The molecule has 0 saturated carbocycles. The lowest BCUT2D eigenvalue weighted by Gasteiger charge is -2.43. The number of aryl methyl sites for hydroxylation is 1. The number of nitrogens with zero attached hydrogens (tertiary/aromatic N) is 1. The number of aliphatic hydroxyl groups is 1. The Morgan fingerprint density at radius 3 is 2.72 bits per heavy atom. The standard InChI is InChI=1S/C21H24N4O2.2ClH/c1-14-23-17-8-7-15(11-18(17)24-14)12-20(27)25-21(9-10-22-13-19(21)26)16-5-3-2-4-6-16;;/h2-8,11,19,22,26H,9-10,12-13H2,1H3,(H,23,24)(H,25,27);2*1H/t19-,21+;;/m1../s1. The van der Waals surface area contributed by atoms with E-state index in [1.807, 2.05) is 55.5 Å². The van der Waals surface area contributed by atoms with Gasteiger partial charge in [-0.15, -0.1) is 24.8 Å². The number of hydrogen-bond donors (Lipinski definition) is 4. The molecule has 3 aromatic rings. The predicted molar refractivity (Wildman–Crippen MR) is 119 cm³/mol. The molecule has 2 atom stereocenters. The number of imidazole rings is 1. The van der Waals surface area contributed by atoms with Crippen molar-refractivity contribution < 1.29 is 9.90 Å². The quantitative estimate of drug-likeness (QED) is 0.505. The Hall–Kier alpha value is -2.12. The van der Waals surface area contributed by atoms with Gasteiger partial charge in [-0.1, -0.05) is 36.4 Å². The number of aliphatic hydroxyl groups excluding tert-OH is 1. The first-order chi connectivity index (χ1) is 13.1. The minimum Gasteiger partial charge on any atom is -0.389 e. The zero-order chi connectivity index (χ0) is 18.9. The fourth-order valence-corrected chi connectivity index (χ4v) is 3.93. The third-order valence-corrected chi connectivity index (χ3v) is 5.28. The number of β-amino-alcohol motifs (C(OH)–C–C–N with tert-alkyl or cyclic N) is 1. The molecule has 156 valence electrons. The summed E-state index contributed by atoms with van der Waals surface area (Å²) in [4.78, 5) is 20.5. The second-order valence-corrected chi connectivity index (χ2v) is 7.21. The third kappa shape index (κ3) is 4.73. The lowest BCUT2D eigenvalue weighted by Crippen LogP contribution is -2.61. The molecule has 0 bridgehead atoms. The van der Waals surface area contributed by atoms with E-state index in [1.165, 1.54) is 0 Å². The van der Waals surface area contributed by atoms with Crippen molar-refractivity contribution in [2.75, 3.05) is 13.1 Å². The third-order valence-electron chi connectivity index (χ3n) is 5.28. The molecule has 8 heteroatoms. The van der Waals surface area contributed by atoms with Crippen LogP contribution in [0.25, 0.3) is 11.0 Å². The minimum absolute atomic E-state index is 0. The van der Waals surface area contributed by atoms with E-state index in [2.05, 4.69) is 20.6 Å². The number of carbonyl (C=O) groups is 1. The summed E-state index contributed by atoms with van der Waals surface area (Å²) in [6.45, 7) is 3.11. The van der Waals surface area contributed by atoms with E-state index in [0.717, 1.165) is 34.5 Å². The molecule has 1 saturated heterocycles. The van der Waals surface area contributed by atoms with E-state index in [1.54, 1.807) is 0 Å². The highest BCUT2D eigenvalue weighted by Crippen LogP contribution is 2.31. The van der Waals surface area contributed by atoms with Crippen LogP contribution in [0, 0.1) is 6.92 Å². The molecule has 1 amide bonds. The first kappa shape index (κ1) is 23.2. The maximum absolute atomic E-state index is 12.9. The number of aromatic nitrogens is 2. The van der Waals surface area contributed by atoms with Gasteiger partial charge in [0.25, 0.3) is 0 Å². The molecule has 4 N–H and O–H groups in total. The molecule has 6 nitrogen and oxygen atoms in total. The Kier molecular flexibility index (Phi) is 7.66. The van der Waals surface area contributed by atoms with Crippen molar-refractivity contribution in [3.8, 4) is 0 Å². The monoisotopic (exact) mass is 436 g/mol. The average molecular weight is 437 g/mol. The minimum atomic E-state index is -0.766. The number of piperidine rings is 1. The number of nitrogens with one attached hydrogen (secondary N) is 3. The van der Waals surface area contributed by atoms with Crippen molar-refractivity contribution in [1.29, 1.82) is 0 Å². The summed E-state index contributed by atoms with van der Waals surface area (Å²) in [6.07, 6.45) is 0.209. The van der Waals surface area contributed by atoms with Crippen molar-refractivity contribution in [3.63, 3.8) is 0 Å². The Balaban J connectivity index is 0.00000150. The van der Waals surface area contributed by atoms with Crippen LogP contribution >= 0.6 is 24.8 Å². The van der Waals surface area contributed by atoms with Crippen LogP contribution in [0.2, 0.25) is 0 Å². The second kappa shape index (κ2) is 9.59. The van der Waals surface area contributed by atoms with Gasteiger partial charge in [-0.2, -0.15) is 0 Å². The van der Waals surface area contributed by atoms with Gasteiger partial charge >= 0.3 is 0 Å². The Bertz CT molecular complexity index is 964. The van der Waals surface area contributed by atoms with Gasteiger partial charge in [-0.05, 0) is 43.1 Å². The zero-order valence-electron chi connectivity index (χ0n) is 16.1. The fourth-order valence-electron chi connectivity index (χ4n) is 3.93. The van der Waals surface area contributed by atoms with Gasteiger partial charge < -0.3 is 20.7 Å². The van der Waals surface area contributed by atoms with E-state index in [4.69, 9.17) is 0 Å². The number of benzene rings is 2.